The number of hydrogen-bond acceptors (Lipinski definition) is 4. The third-order valence-corrected chi connectivity index (χ3v) is 5.57. The van der Waals surface area contributed by atoms with Crippen molar-refractivity contribution in [1.82, 2.24) is 19.6 Å². The Bertz CT molecular complexity index is 634. The van der Waals surface area contributed by atoms with Crippen LogP contribution in [0, 0.1) is 0 Å². The average Bonchev–Trinajstić information content (AvgIpc) is 3.02. The molecular weight excluding hydrogens is 320 g/mol. The van der Waals surface area contributed by atoms with Gasteiger partial charge in [-0.2, -0.15) is 5.10 Å². The third kappa shape index (κ3) is 3.71. The lowest BCUT2D eigenvalue weighted by Crippen LogP contribution is -2.55. The Hall–Kier alpha value is -1.89. The molecule has 1 aromatic heterocycles. The standard InChI is InChI=1S/C18H28N4O3/c1-4-22(14(2)23)16-5-10-25-18(11-16)6-8-21(9-7-18)17(24)15-12-19-20(3)13-15/h12-13,16H,4-11H2,1-3H3/t16-/m1/s1. The normalized spacial score (nSPS) is 22.8. The Labute approximate surface area is 148 Å². The Morgan fingerprint density at radius 2 is 2.12 bits per heavy atom. The number of nitrogens with zero attached hydrogens (tertiary/aromatic N) is 4. The minimum Gasteiger partial charge on any atom is -0.375 e. The van der Waals surface area contributed by atoms with Crippen LogP contribution in [-0.2, 0) is 16.6 Å². The van der Waals surface area contributed by atoms with Crippen molar-refractivity contribution in [1.29, 1.82) is 0 Å². The predicted octanol–water partition coefficient (Wildman–Crippen LogP) is 1.44. The summed E-state index contributed by atoms with van der Waals surface area (Å²) in [6, 6.07) is 0.247. The Kier molecular flexibility index (Phi) is 5.13. The first-order valence-electron chi connectivity index (χ1n) is 9.13. The van der Waals surface area contributed by atoms with Gasteiger partial charge in [-0.25, -0.2) is 0 Å². The van der Waals surface area contributed by atoms with Crippen molar-refractivity contribution in [3.63, 3.8) is 0 Å². The van der Waals surface area contributed by atoms with Gasteiger partial charge in [0, 0.05) is 52.5 Å². The quantitative estimate of drug-likeness (QED) is 0.829. The third-order valence-electron chi connectivity index (χ3n) is 5.57. The highest BCUT2D eigenvalue weighted by Gasteiger charge is 2.42. The fourth-order valence-corrected chi connectivity index (χ4v) is 4.19. The molecule has 138 valence electrons. The van der Waals surface area contributed by atoms with Gasteiger partial charge in [0.1, 0.15) is 0 Å². The van der Waals surface area contributed by atoms with Crippen molar-refractivity contribution < 1.29 is 14.3 Å². The Morgan fingerprint density at radius 3 is 2.68 bits per heavy atom. The molecule has 3 rings (SSSR count). The summed E-state index contributed by atoms with van der Waals surface area (Å²) in [6.07, 6.45) is 6.79. The summed E-state index contributed by atoms with van der Waals surface area (Å²) in [5.74, 6) is 0.169. The molecule has 0 aliphatic carbocycles. The minimum atomic E-state index is -0.197. The van der Waals surface area contributed by atoms with Crippen molar-refractivity contribution in [2.24, 2.45) is 7.05 Å². The molecule has 0 radical (unpaired) electrons. The molecule has 1 aromatic rings. The van der Waals surface area contributed by atoms with E-state index in [-0.39, 0.29) is 23.5 Å². The fourth-order valence-electron chi connectivity index (χ4n) is 4.19. The smallest absolute Gasteiger partial charge is 0.257 e. The molecule has 2 aliphatic heterocycles. The summed E-state index contributed by atoms with van der Waals surface area (Å²) in [6.45, 7) is 6.46. The van der Waals surface area contributed by atoms with Crippen LogP contribution in [0.15, 0.2) is 12.4 Å². The van der Waals surface area contributed by atoms with Crippen LogP contribution in [0.3, 0.4) is 0 Å². The maximum Gasteiger partial charge on any atom is 0.257 e. The van der Waals surface area contributed by atoms with Crippen molar-refractivity contribution in [2.75, 3.05) is 26.2 Å². The SMILES string of the molecule is CCN(C(C)=O)[C@@H]1CCOC2(CCN(C(=O)c3cnn(C)c3)CC2)C1. The van der Waals surface area contributed by atoms with Crippen LogP contribution in [0.25, 0.3) is 0 Å². The topological polar surface area (TPSA) is 67.7 Å². The maximum absolute atomic E-state index is 12.6. The average molecular weight is 348 g/mol. The summed E-state index contributed by atoms with van der Waals surface area (Å²) >= 11 is 0. The molecule has 2 aliphatic rings. The first kappa shape index (κ1) is 17.9. The second kappa shape index (κ2) is 7.15. The molecule has 2 fully saturated rings. The summed E-state index contributed by atoms with van der Waals surface area (Å²) in [7, 11) is 1.81. The van der Waals surface area contributed by atoms with E-state index in [1.165, 1.54) is 0 Å². The van der Waals surface area contributed by atoms with Gasteiger partial charge in [0.25, 0.3) is 5.91 Å². The number of carbonyl (C=O) groups is 2. The van der Waals surface area contributed by atoms with Gasteiger partial charge in [-0.1, -0.05) is 0 Å². The molecule has 0 aromatic carbocycles. The highest BCUT2D eigenvalue weighted by Crippen LogP contribution is 2.37. The summed E-state index contributed by atoms with van der Waals surface area (Å²) in [4.78, 5) is 28.3. The van der Waals surface area contributed by atoms with Crippen LogP contribution in [-0.4, -0.2) is 69.3 Å². The van der Waals surface area contributed by atoms with E-state index in [0.29, 0.717) is 25.3 Å². The molecule has 1 spiro atoms. The van der Waals surface area contributed by atoms with Crippen LogP contribution in [0.1, 0.15) is 49.9 Å². The summed E-state index contributed by atoms with van der Waals surface area (Å²) < 4.78 is 7.80. The van der Waals surface area contributed by atoms with Crippen molar-refractivity contribution in [2.45, 2.75) is 51.2 Å². The zero-order valence-corrected chi connectivity index (χ0v) is 15.4. The van der Waals surface area contributed by atoms with Gasteiger partial charge in [-0.15, -0.1) is 0 Å². The van der Waals surface area contributed by atoms with Crippen LogP contribution in [0.5, 0.6) is 0 Å². The number of piperidine rings is 1. The first-order chi connectivity index (χ1) is 11.9. The van der Waals surface area contributed by atoms with Crippen molar-refractivity contribution in [3.8, 4) is 0 Å². The minimum absolute atomic E-state index is 0.0363. The van der Waals surface area contributed by atoms with Gasteiger partial charge < -0.3 is 14.5 Å². The zero-order chi connectivity index (χ0) is 18.0. The molecule has 7 heteroatoms. The van der Waals surface area contributed by atoms with E-state index in [0.717, 1.165) is 32.2 Å². The largest absolute Gasteiger partial charge is 0.375 e. The Morgan fingerprint density at radius 1 is 1.40 bits per heavy atom. The molecule has 2 saturated heterocycles. The monoisotopic (exact) mass is 348 g/mol. The number of rotatable bonds is 3. The number of likely N-dealkylation sites (tertiary alicyclic amines) is 1. The summed E-state index contributed by atoms with van der Waals surface area (Å²) in [5.41, 5.74) is 0.437. The van der Waals surface area contributed by atoms with E-state index in [9.17, 15) is 9.59 Å². The molecule has 0 bridgehead atoms. The van der Waals surface area contributed by atoms with Gasteiger partial charge in [0.15, 0.2) is 0 Å². The van der Waals surface area contributed by atoms with E-state index < -0.39 is 0 Å². The van der Waals surface area contributed by atoms with Gasteiger partial charge >= 0.3 is 0 Å². The van der Waals surface area contributed by atoms with Gasteiger partial charge in [0.05, 0.1) is 17.4 Å². The highest BCUT2D eigenvalue weighted by molar-refractivity contribution is 5.93. The molecule has 7 nitrogen and oxygen atoms in total. The van der Waals surface area contributed by atoms with E-state index in [1.807, 2.05) is 23.8 Å². The van der Waals surface area contributed by atoms with E-state index in [1.54, 1.807) is 24.0 Å². The van der Waals surface area contributed by atoms with Crippen molar-refractivity contribution in [3.05, 3.63) is 18.0 Å². The second-order valence-corrected chi connectivity index (χ2v) is 7.18. The molecule has 0 unspecified atom stereocenters. The van der Waals surface area contributed by atoms with E-state index in [2.05, 4.69) is 5.10 Å². The number of aryl methyl sites for hydroxylation is 1. The molecular formula is C18H28N4O3. The van der Waals surface area contributed by atoms with Crippen LogP contribution in [0.4, 0.5) is 0 Å². The number of carbonyl (C=O) groups excluding carboxylic acids is 2. The van der Waals surface area contributed by atoms with Crippen molar-refractivity contribution >= 4 is 11.8 Å². The highest BCUT2D eigenvalue weighted by atomic mass is 16.5. The van der Waals surface area contributed by atoms with Crippen LogP contribution < -0.4 is 0 Å². The van der Waals surface area contributed by atoms with E-state index >= 15 is 0 Å². The molecule has 0 saturated carbocycles. The second-order valence-electron chi connectivity index (χ2n) is 7.18. The zero-order valence-electron chi connectivity index (χ0n) is 15.4. The number of ether oxygens (including phenoxy) is 1. The van der Waals surface area contributed by atoms with E-state index in [4.69, 9.17) is 4.74 Å². The maximum atomic E-state index is 12.6. The van der Waals surface area contributed by atoms with Gasteiger partial charge in [0.2, 0.25) is 5.91 Å². The molecule has 3 heterocycles. The first-order valence-corrected chi connectivity index (χ1v) is 9.13. The summed E-state index contributed by atoms with van der Waals surface area (Å²) in [5, 5.41) is 4.08. The lowest BCUT2D eigenvalue weighted by Gasteiger charge is -2.48. The van der Waals surface area contributed by atoms with Gasteiger partial charge in [-0.05, 0) is 32.6 Å². The van der Waals surface area contributed by atoms with Crippen LogP contribution in [0.2, 0.25) is 0 Å². The van der Waals surface area contributed by atoms with Crippen LogP contribution >= 0.6 is 0 Å². The molecule has 0 N–H and O–H groups in total. The Balaban J connectivity index is 1.62. The number of aromatic nitrogens is 2. The molecule has 2 amide bonds. The fraction of sp³-hybridized carbons (Fsp3) is 0.722. The lowest BCUT2D eigenvalue weighted by atomic mass is 9.81. The molecule has 1 atom stereocenters. The molecule has 25 heavy (non-hydrogen) atoms. The number of amides is 2. The lowest BCUT2D eigenvalue weighted by molar-refractivity contribution is -0.147. The van der Waals surface area contributed by atoms with Gasteiger partial charge in [-0.3, -0.25) is 14.3 Å². The predicted molar refractivity (Wildman–Crippen MR) is 93.1 cm³/mol. The number of hydrogen-bond donors (Lipinski definition) is 0.